The van der Waals surface area contributed by atoms with Gasteiger partial charge >= 0.3 is 11.9 Å². The molecule has 0 aliphatic rings. The largest absolute Gasteiger partial charge is 0.508 e. The fraction of sp³-hybridized carbons (Fsp3) is 0.450. The first-order valence-electron chi connectivity index (χ1n) is 9.94. The van der Waals surface area contributed by atoms with Gasteiger partial charge < -0.3 is 42.1 Å². The number of hydrogen-bond acceptors (Lipinski definition) is 8. The van der Waals surface area contributed by atoms with E-state index < -0.39 is 73.3 Å². The number of aliphatic hydroxyl groups is 1. The smallest absolute Gasteiger partial charge is 0.326 e. The molecule has 4 atom stereocenters. The van der Waals surface area contributed by atoms with E-state index in [1.807, 2.05) is 0 Å². The molecule has 33 heavy (non-hydrogen) atoms. The zero-order valence-corrected chi connectivity index (χ0v) is 17.9. The summed E-state index contributed by atoms with van der Waals surface area (Å²) in [7, 11) is 0. The van der Waals surface area contributed by atoms with Crippen LogP contribution in [0.15, 0.2) is 24.3 Å². The highest BCUT2D eigenvalue weighted by atomic mass is 16.4. The lowest BCUT2D eigenvalue weighted by Crippen LogP contribution is -2.57. The highest BCUT2D eigenvalue weighted by molar-refractivity contribution is 5.94. The molecule has 182 valence electrons. The fourth-order valence-electron chi connectivity index (χ4n) is 2.65. The summed E-state index contributed by atoms with van der Waals surface area (Å²) in [5, 5.41) is 43.1. The predicted octanol–water partition coefficient (Wildman–Crippen LogP) is -2.32. The van der Waals surface area contributed by atoms with Gasteiger partial charge in [-0.05, 0) is 37.5 Å². The molecule has 4 unspecified atom stereocenters. The van der Waals surface area contributed by atoms with Gasteiger partial charge in [-0.2, -0.15) is 0 Å². The molecule has 0 bridgehead atoms. The summed E-state index contributed by atoms with van der Waals surface area (Å²) < 4.78 is 0. The number of carbonyl (C=O) groups excluding carboxylic acids is 3. The van der Waals surface area contributed by atoms with Crippen LogP contribution in [-0.2, 0) is 30.4 Å². The molecule has 0 aliphatic carbocycles. The van der Waals surface area contributed by atoms with E-state index in [1.54, 1.807) is 12.1 Å². The Bertz CT molecular complexity index is 860. The van der Waals surface area contributed by atoms with Gasteiger partial charge in [-0.1, -0.05) is 12.1 Å². The Morgan fingerprint density at radius 3 is 2.00 bits per heavy atom. The van der Waals surface area contributed by atoms with E-state index in [4.69, 9.17) is 15.9 Å². The standard InChI is InChI=1S/C20H28N4O9/c1-10(22-18(30)13(21)8-11-2-4-12(26)5-3-11)17(29)24-15(9-25)19(31)23-14(20(32)33)6-7-16(27)28/h2-5,10,13-15,25-26H,6-9,21H2,1H3,(H,22,30)(H,23,31)(H,24,29)(H,27,28)(H,32,33). The van der Waals surface area contributed by atoms with Crippen molar-refractivity contribution in [3.63, 3.8) is 0 Å². The number of carbonyl (C=O) groups is 5. The average molecular weight is 468 g/mol. The van der Waals surface area contributed by atoms with Crippen molar-refractivity contribution in [2.24, 2.45) is 5.73 Å². The molecule has 9 N–H and O–H groups in total. The van der Waals surface area contributed by atoms with Crippen LogP contribution in [0.4, 0.5) is 0 Å². The van der Waals surface area contributed by atoms with Crippen LogP contribution in [0.5, 0.6) is 5.75 Å². The van der Waals surface area contributed by atoms with Gasteiger partial charge in [0, 0.05) is 6.42 Å². The molecule has 1 rings (SSSR count). The zero-order valence-electron chi connectivity index (χ0n) is 17.9. The van der Waals surface area contributed by atoms with Gasteiger partial charge in [0.25, 0.3) is 0 Å². The number of nitrogens with two attached hydrogens (primary N) is 1. The van der Waals surface area contributed by atoms with Crippen LogP contribution < -0.4 is 21.7 Å². The van der Waals surface area contributed by atoms with Crippen molar-refractivity contribution < 1.29 is 44.4 Å². The minimum atomic E-state index is -1.53. The summed E-state index contributed by atoms with van der Waals surface area (Å²) >= 11 is 0. The lowest BCUT2D eigenvalue weighted by atomic mass is 10.1. The summed E-state index contributed by atoms with van der Waals surface area (Å²) in [6, 6.07) is 0.830. The van der Waals surface area contributed by atoms with Crippen LogP contribution in [0.1, 0.15) is 25.3 Å². The summed E-state index contributed by atoms with van der Waals surface area (Å²) in [6.07, 6.45) is -0.774. The fourth-order valence-corrected chi connectivity index (χ4v) is 2.65. The Labute approximate surface area is 189 Å². The second-order valence-corrected chi connectivity index (χ2v) is 7.28. The van der Waals surface area contributed by atoms with Gasteiger partial charge in [0.15, 0.2) is 0 Å². The van der Waals surface area contributed by atoms with Crippen molar-refractivity contribution in [1.82, 2.24) is 16.0 Å². The monoisotopic (exact) mass is 468 g/mol. The maximum Gasteiger partial charge on any atom is 0.326 e. The van der Waals surface area contributed by atoms with E-state index in [0.29, 0.717) is 5.56 Å². The lowest BCUT2D eigenvalue weighted by molar-refractivity contribution is -0.143. The lowest BCUT2D eigenvalue weighted by Gasteiger charge is -2.22. The second-order valence-electron chi connectivity index (χ2n) is 7.28. The van der Waals surface area contributed by atoms with Crippen molar-refractivity contribution in [2.45, 2.75) is 50.4 Å². The highest BCUT2D eigenvalue weighted by Crippen LogP contribution is 2.11. The maximum atomic E-state index is 12.3. The molecular formula is C20H28N4O9. The summed E-state index contributed by atoms with van der Waals surface area (Å²) in [4.78, 5) is 58.6. The third-order valence-electron chi connectivity index (χ3n) is 4.56. The summed E-state index contributed by atoms with van der Waals surface area (Å²) in [6.45, 7) is 0.448. The van der Waals surface area contributed by atoms with Crippen LogP contribution >= 0.6 is 0 Å². The molecule has 1 aromatic rings. The topological polar surface area (TPSA) is 228 Å². The minimum absolute atomic E-state index is 0.0566. The molecular weight excluding hydrogens is 440 g/mol. The quantitative estimate of drug-likeness (QED) is 0.154. The minimum Gasteiger partial charge on any atom is -0.508 e. The number of hydrogen-bond donors (Lipinski definition) is 8. The van der Waals surface area contributed by atoms with Crippen LogP contribution in [-0.4, -0.2) is 80.9 Å². The predicted molar refractivity (Wildman–Crippen MR) is 113 cm³/mol. The van der Waals surface area contributed by atoms with Gasteiger partial charge in [0.2, 0.25) is 17.7 Å². The average Bonchev–Trinajstić information content (AvgIpc) is 2.75. The Morgan fingerprint density at radius 2 is 1.48 bits per heavy atom. The van der Waals surface area contributed by atoms with Gasteiger partial charge in [0.1, 0.15) is 23.9 Å². The van der Waals surface area contributed by atoms with E-state index in [0.717, 1.165) is 0 Å². The number of aliphatic carboxylic acids is 2. The first kappa shape index (κ1) is 27.3. The van der Waals surface area contributed by atoms with Gasteiger partial charge in [-0.15, -0.1) is 0 Å². The molecule has 1 aromatic carbocycles. The van der Waals surface area contributed by atoms with Gasteiger partial charge in [-0.3, -0.25) is 19.2 Å². The van der Waals surface area contributed by atoms with Crippen molar-refractivity contribution in [2.75, 3.05) is 6.61 Å². The number of phenols is 1. The van der Waals surface area contributed by atoms with E-state index in [1.165, 1.54) is 19.1 Å². The Balaban J connectivity index is 2.63. The van der Waals surface area contributed by atoms with Crippen molar-refractivity contribution in [1.29, 1.82) is 0 Å². The Hall–Kier alpha value is -3.71. The van der Waals surface area contributed by atoms with Crippen molar-refractivity contribution in [3.8, 4) is 5.75 Å². The molecule has 0 spiro atoms. The van der Waals surface area contributed by atoms with Crippen LogP contribution in [0, 0.1) is 0 Å². The number of carboxylic acids is 2. The van der Waals surface area contributed by atoms with E-state index in [9.17, 15) is 34.2 Å². The number of nitrogens with one attached hydrogen (secondary N) is 3. The number of amides is 3. The van der Waals surface area contributed by atoms with Crippen LogP contribution in [0.2, 0.25) is 0 Å². The molecule has 0 aliphatic heterocycles. The van der Waals surface area contributed by atoms with E-state index in [2.05, 4.69) is 16.0 Å². The molecule has 0 radical (unpaired) electrons. The molecule has 0 saturated carbocycles. The first-order chi connectivity index (χ1) is 15.4. The SMILES string of the molecule is CC(NC(=O)C(N)Cc1ccc(O)cc1)C(=O)NC(CO)C(=O)NC(CCC(=O)O)C(=O)O. The Morgan fingerprint density at radius 1 is 0.909 bits per heavy atom. The molecule has 0 aromatic heterocycles. The number of benzene rings is 1. The third kappa shape index (κ3) is 9.53. The third-order valence-corrected chi connectivity index (χ3v) is 4.56. The maximum absolute atomic E-state index is 12.3. The molecule has 13 heteroatoms. The summed E-state index contributed by atoms with van der Waals surface area (Å²) in [5.41, 5.74) is 6.52. The van der Waals surface area contributed by atoms with E-state index >= 15 is 0 Å². The normalized spacial score (nSPS) is 14.3. The molecule has 0 fully saturated rings. The zero-order chi connectivity index (χ0) is 25.1. The number of phenolic OH excluding ortho intramolecular Hbond substituents is 1. The number of aliphatic hydroxyl groups excluding tert-OH is 1. The number of carboxylic acid groups (broad SMARTS) is 2. The molecule has 0 heterocycles. The number of aromatic hydroxyl groups is 1. The van der Waals surface area contributed by atoms with Crippen LogP contribution in [0.3, 0.4) is 0 Å². The molecule has 13 nitrogen and oxygen atoms in total. The Kier molecular flexibility index (Phi) is 10.7. The highest BCUT2D eigenvalue weighted by Gasteiger charge is 2.28. The first-order valence-corrected chi connectivity index (χ1v) is 9.94. The van der Waals surface area contributed by atoms with Gasteiger partial charge in [-0.25, -0.2) is 4.79 Å². The van der Waals surface area contributed by atoms with E-state index in [-0.39, 0.29) is 12.2 Å². The molecule has 0 saturated heterocycles. The van der Waals surface area contributed by atoms with Gasteiger partial charge in [0.05, 0.1) is 12.6 Å². The van der Waals surface area contributed by atoms with Crippen LogP contribution in [0.25, 0.3) is 0 Å². The second kappa shape index (κ2) is 13.0. The van der Waals surface area contributed by atoms with Crippen molar-refractivity contribution >= 4 is 29.7 Å². The summed E-state index contributed by atoms with van der Waals surface area (Å²) in [5.74, 6) is -5.21. The molecule has 3 amide bonds. The van der Waals surface area contributed by atoms with Crippen molar-refractivity contribution in [3.05, 3.63) is 29.8 Å². The number of rotatable bonds is 13.